The third-order valence-electron chi connectivity index (χ3n) is 3.64. The van der Waals surface area contributed by atoms with E-state index in [9.17, 15) is 4.79 Å². The number of benzene rings is 2. The van der Waals surface area contributed by atoms with Gasteiger partial charge in [0.1, 0.15) is 17.3 Å². The molecule has 7 heteroatoms. The number of anilines is 2. The molecule has 2 aromatic carbocycles. The molecule has 3 rings (SSSR count). The van der Waals surface area contributed by atoms with Gasteiger partial charge in [-0.25, -0.2) is 14.8 Å². The third kappa shape index (κ3) is 4.98. The average Bonchev–Trinajstić information content (AvgIpc) is 2.67. The molecular weight excluding hydrogens is 362 g/mol. The summed E-state index contributed by atoms with van der Waals surface area (Å²) >= 11 is 1.48. The number of esters is 1. The zero-order valence-electron chi connectivity index (χ0n) is 15.2. The van der Waals surface area contributed by atoms with E-state index in [2.05, 4.69) is 15.3 Å². The van der Waals surface area contributed by atoms with Crippen LogP contribution in [0, 0.1) is 6.92 Å². The van der Waals surface area contributed by atoms with Gasteiger partial charge in [0.05, 0.1) is 12.7 Å². The first-order chi connectivity index (χ1) is 13.1. The molecule has 3 aromatic rings. The molecule has 1 N–H and O–H groups in total. The Morgan fingerprint density at radius 3 is 2.59 bits per heavy atom. The van der Waals surface area contributed by atoms with Crippen LogP contribution in [0.4, 0.5) is 11.5 Å². The van der Waals surface area contributed by atoms with Crippen molar-refractivity contribution in [3.05, 3.63) is 65.9 Å². The van der Waals surface area contributed by atoms with Crippen LogP contribution in [0.25, 0.3) is 0 Å². The summed E-state index contributed by atoms with van der Waals surface area (Å²) in [4.78, 5) is 21.1. The molecule has 0 saturated heterocycles. The number of hydrogen-bond donors (Lipinski definition) is 1. The number of hydrogen-bond acceptors (Lipinski definition) is 7. The van der Waals surface area contributed by atoms with Crippen LogP contribution in [0.15, 0.2) is 59.8 Å². The monoisotopic (exact) mass is 381 g/mol. The summed E-state index contributed by atoms with van der Waals surface area (Å²) in [5, 5.41) is 3.91. The van der Waals surface area contributed by atoms with Crippen molar-refractivity contribution in [1.82, 2.24) is 9.97 Å². The lowest BCUT2D eigenvalue weighted by molar-refractivity contribution is 0.0734. The Bertz CT molecular complexity index is 963. The van der Waals surface area contributed by atoms with E-state index in [1.165, 1.54) is 11.8 Å². The minimum atomic E-state index is -0.450. The first kappa shape index (κ1) is 18.7. The van der Waals surface area contributed by atoms with Crippen LogP contribution >= 0.6 is 11.8 Å². The molecule has 6 nitrogen and oxygen atoms in total. The smallest absolute Gasteiger partial charge is 0.343 e. The van der Waals surface area contributed by atoms with Crippen molar-refractivity contribution in [1.29, 1.82) is 0 Å². The number of carbonyl (C=O) groups is 1. The van der Waals surface area contributed by atoms with Crippen LogP contribution in [-0.4, -0.2) is 29.3 Å². The van der Waals surface area contributed by atoms with Gasteiger partial charge in [-0.3, -0.25) is 0 Å². The maximum atomic E-state index is 12.4. The van der Waals surface area contributed by atoms with Crippen LogP contribution < -0.4 is 14.8 Å². The molecule has 1 heterocycles. The summed E-state index contributed by atoms with van der Waals surface area (Å²) in [6.45, 7) is 1.92. The van der Waals surface area contributed by atoms with Crippen molar-refractivity contribution in [2.75, 3.05) is 18.7 Å². The van der Waals surface area contributed by atoms with E-state index >= 15 is 0 Å². The van der Waals surface area contributed by atoms with Gasteiger partial charge in [0.25, 0.3) is 0 Å². The molecule has 0 aliphatic carbocycles. The molecule has 138 valence electrons. The zero-order valence-corrected chi connectivity index (χ0v) is 16.0. The predicted molar refractivity (Wildman–Crippen MR) is 106 cm³/mol. The van der Waals surface area contributed by atoms with Crippen molar-refractivity contribution < 1.29 is 14.3 Å². The van der Waals surface area contributed by atoms with Crippen LogP contribution in [0.2, 0.25) is 0 Å². The van der Waals surface area contributed by atoms with Gasteiger partial charge in [-0.2, -0.15) is 0 Å². The Hall–Kier alpha value is -3.06. The third-order valence-corrected chi connectivity index (χ3v) is 4.19. The van der Waals surface area contributed by atoms with E-state index in [4.69, 9.17) is 9.47 Å². The van der Waals surface area contributed by atoms with Gasteiger partial charge in [-0.15, -0.1) is 0 Å². The van der Waals surface area contributed by atoms with Crippen LogP contribution in [0.5, 0.6) is 11.5 Å². The summed E-state index contributed by atoms with van der Waals surface area (Å²) in [7, 11) is 1.55. The molecular formula is C20H19N3O3S. The average molecular weight is 381 g/mol. The Kier molecular flexibility index (Phi) is 5.93. The maximum absolute atomic E-state index is 12.4. The van der Waals surface area contributed by atoms with Crippen LogP contribution in [0.1, 0.15) is 16.1 Å². The molecule has 0 aliphatic heterocycles. The Balaban J connectivity index is 1.75. The molecule has 0 spiro atoms. The fourth-order valence-electron chi connectivity index (χ4n) is 2.40. The van der Waals surface area contributed by atoms with Crippen molar-refractivity contribution in [2.45, 2.75) is 12.1 Å². The van der Waals surface area contributed by atoms with E-state index in [1.807, 2.05) is 25.3 Å². The number of ether oxygens (including phenoxy) is 2. The van der Waals surface area contributed by atoms with Gasteiger partial charge in [0.15, 0.2) is 5.16 Å². The highest BCUT2D eigenvalue weighted by Gasteiger charge is 2.10. The summed E-state index contributed by atoms with van der Waals surface area (Å²) in [6, 6.07) is 15.8. The van der Waals surface area contributed by atoms with Crippen molar-refractivity contribution >= 4 is 29.2 Å². The molecule has 0 atom stereocenters. The number of aryl methyl sites for hydroxylation is 1. The van der Waals surface area contributed by atoms with Gasteiger partial charge in [0.2, 0.25) is 0 Å². The molecule has 0 amide bonds. The Labute approximate surface area is 162 Å². The summed E-state index contributed by atoms with van der Waals surface area (Å²) in [6.07, 6.45) is 1.93. The van der Waals surface area contributed by atoms with Crippen LogP contribution in [0.3, 0.4) is 0 Å². The quantitative estimate of drug-likeness (QED) is 0.292. The van der Waals surface area contributed by atoms with Gasteiger partial charge in [-0.1, -0.05) is 23.9 Å². The maximum Gasteiger partial charge on any atom is 0.343 e. The van der Waals surface area contributed by atoms with Crippen molar-refractivity contribution in [3.63, 3.8) is 0 Å². The van der Waals surface area contributed by atoms with Gasteiger partial charge >= 0.3 is 5.97 Å². The molecule has 1 aromatic heterocycles. The minimum Gasteiger partial charge on any atom is -0.497 e. The molecule has 0 fully saturated rings. The number of nitrogens with zero attached hydrogens (tertiary/aromatic N) is 2. The summed E-state index contributed by atoms with van der Waals surface area (Å²) in [5.41, 5.74) is 2.05. The number of nitrogens with one attached hydrogen (secondary N) is 1. The first-order valence-electron chi connectivity index (χ1n) is 8.20. The number of aromatic nitrogens is 2. The Morgan fingerprint density at radius 2 is 1.81 bits per heavy atom. The normalized spacial score (nSPS) is 10.3. The Morgan fingerprint density at radius 1 is 1.04 bits per heavy atom. The summed E-state index contributed by atoms with van der Waals surface area (Å²) in [5.74, 6) is 1.27. The van der Waals surface area contributed by atoms with Gasteiger partial charge < -0.3 is 14.8 Å². The van der Waals surface area contributed by atoms with E-state index in [1.54, 1.807) is 49.6 Å². The lowest BCUT2D eigenvalue weighted by Crippen LogP contribution is -2.08. The zero-order chi connectivity index (χ0) is 19.2. The highest BCUT2D eigenvalue weighted by Crippen LogP contribution is 2.23. The molecule has 0 bridgehead atoms. The second kappa shape index (κ2) is 8.55. The second-order valence-corrected chi connectivity index (χ2v) is 6.43. The molecule has 0 aliphatic rings. The number of carbonyl (C=O) groups excluding carboxylic acids is 1. The molecule has 0 unspecified atom stereocenters. The van der Waals surface area contributed by atoms with Crippen LogP contribution in [-0.2, 0) is 0 Å². The fourth-order valence-corrected chi connectivity index (χ4v) is 2.82. The fraction of sp³-hybridized carbons (Fsp3) is 0.150. The lowest BCUT2D eigenvalue weighted by atomic mass is 10.2. The van der Waals surface area contributed by atoms with E-state index in [0.717, 1.165) is 11.4 Å². The molecule has 27 heavy (non-hydrogen) atoms. The van der Waals surface area contributed by atoms with Crippen molar-refractivity contribution in [3.8, 4) is 11.5 Å². The van der Waals surface area contributed by atoms with Gasteiger partial charge in [0, 0.05) is 23.5 Å². The number of methoxy groups -OCH3 is 1. The van der Waals surface area contributed by atoms with E-state index < -0.39 is 5.97 Å². The largest absolute Gasteiger partial charge is 0.497 e. The standard InChI is InChI=1S/C20H19N3O3S/c1-13-10-18(23-20(21-13)27-3)22-15-7-5-9-17(12-15)26-19(24)14-6-4-8-16(11-14)25-2/h4-12H,1-3H3,(H,21,22,23). The van der Waals surface area contributed by atoms with E-state index in [-0.39, 0.29) is 0 Å². The topological polar surface area (TPSA) is 73.3 Å². The van der Waals surface area contributed by atoms with Gasteiger partial charge in [-0.05, 0) is 43.5 Å². The summed E-state index contributed by atoms with van der Waals surface area (Å²) < 4.78 is 10.6. The number of rotatable bonds is 6. The first-order valence-corrected chi connectivity index (χ1v) is 9.43. The van der Waals surface area contributed by atoms with E-state index in [0.29, 0.717) is 28.0 Å². The molecule has 0 saturated carbocycles. The van der Waals surface area contributed by atoms with Crippen molar-refractivity contribution in [2.24, 2.45) is 0 Å². The lowest BCUT2D eigenvalue weighted by Gasteiger charge is -2.10. The highest BCUT2D eigenvalue weighted by molar-refractivity contribution is 7.98. The second-order valence-electron chi connectivity index (χ2n) is 5.66. The predicted octanol–water partition coefficient (Wildman–Crippen LogP) is 4.48. The highest BCUT2D eigenvalue weighted by atomic mass is 32.2. The molecule has 0 radical (unpaired) electrons. The number of thioether (sulfide) groups is 1. The minimum absolute atomic E-state index is 0.420. The SMILES string of the molecule is COc1cccc(C(=O)Oc2cccc(Nc3cc(C)nc(SC)n3)c2)c1.